The SMILES string of the molecule is COCCOCC(=O)NCc1cccc(NC(=O)CCNC(=O)OC(C)(C)C)c1. The van der Waals surface area contributed by atoms with Gasteiger partial charge in [0.2, 0.25) is 11.8 Å². The van der Waals surface area contributed by atoms with Crippen LogP contribution in [0.2, 0.25) is 0 Å². The molecule has 0 bridgehead atoms. The summed E-state index contributed by atoms with van der Waals surface area (Å²) in [5.41, 5.74) is 0.855. The lowest BCUT2D eigenvalue weighted by Crippen LogP contribution is -2.34. The van der Waals surface area contributed by atoms with Crippen LogP contribution in [0.3, 0.4) is 0 Å². The topological polar surface area (TPSA) is 115 Å². The van der Waals surface area contributed by atoms with Crippen molar-refractivity contribution in [1.82, 2.24) is 10.6 Å². The summed E-state index contributed by atoms with van der Waals surface area (Å²) in [6.07, 6.45) is -0.451. The van der Waals surface area contributed by atoms with Gasteiger partial charge < -0.3 is 30.2 Å². The van der Waals surface area contributed by atoms with E-state index in [1.165, 1.54) is 0 Å². The summed E-state index contributed by atoms with van der Waals surface area (Å²) in [7, 11) is 1.56. The smallest absolute Gasteiger partial charge is 0.407 e. The number of ether oxygens (including phenoxy) is 3. The van der Waals surface area contributed by atoms with Crippen LogP contribution in [0.4, 0.5) is 10.5 Å². The molecule has 0 aliphatic carbocycles. The summed E-state index contributed by atoms with van der Waals surface area (Å²) >= 11 is 0. The number of anilines is 1. The van der Waals surface area contributed by atoms with Crippen LogP contribution in [0.1, 0.15) is 32.8 Å². The minimum atomic E-state index is -0.585. The largest absolute Gasteiger partial charge is 0.444 e. The molecule has 1 rings (SSSR count). The Labute approximate surface area is 171 Å². The summed E-state index contributed by atoms with van der Waals surface area (Å²) in [6.45, 7) is 6.53. The fourth-order valence-electron chi connectivity index (χ4n) is 2.13. The fraction of sp³-hybridized carbons (Fsp3) is 0.550. The third kappa shape index (κ3) is 12.4. The number of alkyl carbamates (subject to hydrolysis) is 1. The van der Waals surface area contributed by atoms with E-state index < -0.39 is 11.7 Å². The molecule has 0 unspecified atom stereocenters. The molecule has 0 radical (unpaired) electrons. The standard InChI is InChI=1S/C20H31N3O6/c1-20(2,3)29-19(26)21-9-8-17(24)23-16-7-5-6-15(12-16)13-22-18(25)14-28-11-10-27-4/h5-7,12H,8-11,13-14H2,1-4H3,(H,21,26)(H,22,25)(H,23,24). The average Bonchev–Trinajstić information content (AvgIpc) is 2.62. The van der Waals surface area contributed by atoms with Gasteiger partial charge in [0, 0.05) is 32.3 Å². The highest BCUT2D eigenvalue weighted by molar-refractivity contribution is 5.91. The molecule has 3 amide bonds. The zero-order valence-electron chi connectivity index (χ0n) is 17.5. The molecule has 0 heterocycles. The van der Waals surface area contributed by atoms with Crippen LogP contribution < -0.4 is 16.0 Å². The average molecular weight is 409 g/mol. The molecular weight excluding hydrogens is 378 g/mol. The normalized spacial score (nSPS) is 10.9. The van der Waals surface area contributed by atoms with E-state index >= 15 is 0 Å². The van der Waals surface area contributed by atoms with E-state index in [4.69, 9.17) is 14.2 Å². The van der Waals surface area contributed by atoms with E-state index in [-0.39, 0.29) is 31.4 Å². The van der Waals surface area contributed by atoms with Crippen LogP contribution in [0.5, 0.6) is 0 Å². The highest BCUT2D eigenvalue weighted by Gasteiger charge is 2.15. The minimum absolute atomic E-state index is 0.0373. The Morgan fingerprint density at radius 2 is 1.79 bits per heavy atom. The predicted octanol–water partition coefficient (Wildman–Crippen LogP) is 1.82. The van der Waals surface area contributed by atoms with E-state index in [0.29, 0.717) is 25.4 Å². The number of benzene rings is 1. The highest BCUT2D eigenvalue weighted by atomic mass is 16.6. The maximum Gasteiger partial charge on any atom is 0.407 e. The number of carbonyl (C=O) groups is 3. The fourth-order valence-corrected chi connectivity index (χ4v) is 2.13. The number of carbonyl (C=O) groups excluding carboxylic acids is 3. The molecule has 9 heteroatoms. The number of hydrogen-bond acceptors (Lipinski definition) is 6. The molecule has 0 aliphatic heterocycles. The number of rotatable bonds is 11. The van der Waals surface area contributed by atoms with Crippen molar-refractivity contribution in [2.75, 3.05) is 38.8 Å². The molecule has 3 N–H and O–H groups in total. The molecule has 0 spiro atoms. The Kier molecular flexibility index (Phi) is 10.7. The van der Waals surface area contributed by atoms with Crippen molar-refractivity contribution in [2.45, 2.75) is 39.3 Å². The number of nitrogens with one attached hydrogen (secondary N) is 3. The first-order valence-corrected chi connectivity index (χ1v) is 9.38. The van der Waals surface area contributed by atoms with Gasteiger partial charge in [0.15, 0.2) is 0 Å². The lowest BCUT2D eigenvalue weighted by molar-refractivity contribution is -0.126. The Hall–Kier alpha value is -2.65. The van der Waals surface area contributed by atoms with E-state index in [1.807, 2.05) is 6.07 Å². The first kappa shape index (κ1) is 24.4. The van der Waals surface area contributed by atoms with Gasteiger partial charge in [0.05, 0.1) is 13.2 Å². The molecule has 0 atom stereocenters. The molecule has 0 aromatic heterocycles. The Morgan fingerprint density at radius 3 is 2.48 bits per heavy atom. The van der Waals surface area contributed by atoms with Crippen LogP contribution in [0.25, 0.3) is 0 Å². The summed E-state index contributed by atoms with van der Waals surface area (Å²) in [5.74, 6) is -0.474. The first-order valence-electron chi connectivity index (χ1n) is 9.38. The maximum absolute atomic E-state index is 12.0. The van der Waals surface area contributed by atoms with Gasteiger partial charge in [0.25, 0.3) is 0 Å². The van der Waals surface area contributed by atoms with E-state index in [2.05, 4.69) is 16.0 Å². The van der Waals surface area contributed by atoms with Gasteiger partial charge in [-0.3, -0.25) is 9.59 Å². The van der Waals surface area contributed by atoms with Crippen LogP contribution in [0, 0.1) is 0 Å². The Morgan fingerprint density at radius 1 is 1.03 bits per heavy atom. The van der Waals surface area contributed by atoms with Crippen LogP contribution in [-0.4, -0.2) is 57.0 Å². The summed E-state index contributed by atoms with van der Waals surface area (Å²) in [5, 5.41) is 8.04. The molecular formula is C20H31N3O6. The van der Waals surface area contributed by atoms with E-state index in [0.717, 1.165) is 5.56 Å². The second-order valence-corrected chi connectivity index (χ2v) is 7.25. The molecule has 1 aromatic rings. The van der Waals surface area contributed by atoms with Crippen molar-refractivity contribution in [1.29, 1.82) is 0 Å². The van der Waals surface area contributed by atoms with Crippen molar-refractivity contribution in [2.24, 2.45) is 0 Å². The van der Waals surface area contributed by atoms with Gasteiger partial charge >= 0.3 is 6.09 Å². The quantitative estimate of drug-likeness (QED) is 0.480. The van der Waals surface area contributed by atoms with Gasteiger partial charge in [-0.2, -0.15) is 0 Å². The minimum Gasteiger partial charge on any atom is -0.444 e. The van der Waals surface area contributed by atoms with Crippen LogP contribution >= 0.6 is 0 Å². The zero-order valence-corrected chi connectivity index (χ0v) is 17.5. The summed E-state index contributed by atoms with van der Waals surface area (Å²) < 4.78 is 15.1. The van der Waals surface area contributed by atoms with Crippen LogP contribution in [0.15, 0.2) is 24.3 Å². The zero-order chi connectivity index (χ0) is 21.7. The van der Waals surface area contributed by atoms with Gasteiger partial charge in [-0.15, -0.1) is 0 Å². The third-order valence-electron chi connectivity index (χ3n) is 3.39. The molecule has 1 aromatic carbocycles. The Bertz CT molecular complexity index is 672. The Balaban J connectivity index is 2.34. The highest BCUT2D eigenvalue weighted by Crippen LogP contribution is 2.11. The van der Waals surface area contributed by atoms with Gasteiger partial charge in [-0.05, 0) is 38.5 Å². The van der Waals surface area contributed by atoms with Crippen LogP contribution in [-0.2, 0) is 30.3 Å². The van der Waals surface area contributed by atoms with E-state index in [9.17, 15) is 14.4 Å². The monoisotopic (exact) mass is 409 g/mol. The number of hydrogen-bond donors (Lipinski definition) is 3. The second-order valence-electron chi connectivity index (χ2n) is 7.25. The van der Waals surface area contributed by atoms with Crippen molar-refractivity contribution in [3.63, 3.8) is 0 Å². The molecule has 0 saturated carbocycles. The number of methoxy groups -OCH3 is 1. The van der Waals surface area contributed by atoms with Gasteiger partial charge in [-0.25, -0.2) is 4.79 Å². The molecule has 9 nitrogen and oxygen atoms in total. The molecule has 0 fully saturated rings. The lowest BCUT2D eigenvalue weighted by Gasteiger charge is -2.19. The predicted molar refractivity (Wildman–Crippen MR) is 108 cm³/mol. The number of amides is 3. The molecule has 29 heavy (non-hydrogen) atoms. The van der Waals surface area contributed by atoms with Crippen molar-refractivity contribution in [3.8, 4) is 0 Å². The molecule has 0 saturated heterocycles. The molecule has 0 aliphatic rings. The van der Waals surface area contributed by atoms with Crippen molar-refractivity contribution < 1.29 is 28.6 Å². The third-order valence-corrected chi connectivity index (χ3v) is 3.39. The second kappa shape index (κ2) is 12.7. The van der Waals surface area contributed by atoms with Crippen molar-refractivity contribution >= 4 is 23.6 Å². The molecule has 162 valence electrons. The maximum atomic E-state index is 12.0. The summed E-state index contributed by atoms with van der Waals surface area (Å²) in [6, 6.07) is 7.14. The lowest BCUT2D eigenvalue weighted by atomic mass is 10.2. The van der Waals surface area contributed by atoms with E-state index in [1.54, 1.807) is 46.1 Å². The summed E-state index contributed by atoms with van der Waals surface area (Å²) in [4.78, 5) is 35.3. The van der Waals surface area contributed by atoms with Gasteiger partial charge in [-0.1, -0.05) is 12.1 Å². The first-order chi connectivity index (χ1) is 13.7. The van der Waals surface area contributed by atoms with Crippen molar-refractivity contribution in [3.05, 3.63) is 29.8 Å². The van der Waals surface area contributed by atoms with Gasteiger partial charge in [0.1, 0.15) is 12.2 Å².